The first-order valence-electron chi connectivity index (χ1n) is 5.17. The Morgan fingerprint density at radius 2 is 2.06 bits per heavy atom. The molecule has 1 aliphatic rings. The minimum Gasteiger partial charge on any atom is -0.355 e. The van der Waals surface area contributed by atoms with Crippen LogP contribution in [-0.4, -0.2) is 11.3 Å². The Labute approximate surface area is 90.3 Å². The first-order chi connectivity index (χ1) is 7.72. The fourth-order valence-electron chi connectivity index (χ4n) is 2.07. The van der Waals surface area contributed by atoms with Gasteiger partial charge < -0.3 is 4.98 Å². The van der Waals surface area contributed by atoms with Crippen molar-refractivity contribution in [3.63, 3.8) is 0 Å². The first kappa shape index (κ1) is 9.51. The molecule has 0 radical (unpaired) electrons. The van der Waals surface area contributed by atoms with Crippen LogP contribution in [0.5, 0.6) is 0 Å². The van der Waals surface area contributed by atoms with Crippen LogP contribution < -0.4 is 0 Å². The summed E-state index contributed by atoms with van der Waals surface area (Å²) >= 11 is 0. The minimum absolute atomic E-state index is 0.101. The molecule has 0 spiro atoms. The summed E-state index contributed by atoms with van der Waals surface area (Å²) < 4.78 is 26.5. The van der Waals surface area contributed by atoms with Crippen LogP contribution >= 0.6 is 0 Å². The van der Waals surface area contributed by atoms with Crippen molar-refractivity contribution in [1.82, 2.24) is 4.98 Å². The van der Waals surface area contributed by atoms with Gasteiger partial charge >= 0.3 is 0 Å². The van der Waals surface area contributed by atoms with E-state index in [1.54, 1.807) is 0 Å². The maximum atomic E-state index is 13.5. The van der Waals surface area contributed by atoms with Crippen LogP contribution in [0, 0.1) is 11.6 Å². The molecule has 1 N–H and O–H groups in total. The van der Waals surface area contributed by atoms with Crippen LogP contribution in [0.15, 0.2) is 12.1 Å². The van der Waals surface area contributed by atoms with Gasteiger partial charge in [-0.05, 0) is 30.9 Å². The van der Waals surface area contributed by atoms with Gasteiger partial charge in [0.25, 0.3) is 0 Å². The topological polar surface area (TPSA) is 32.9 Å². The number of H-pyrrole nitrogens is 1. The third kappa shape index (κ3) is 1.19. The van der Waals surface area contributed by atoms with Gasteiger partial charge in [-0.15, -0.1) is 0 Å². The number of benzene rings is 1. The van der Waals surface area contributed by atoms with Gasteiger partial charge in [-0.3, -0.25) is 4.79 Å². The highest BCUT2D eigenvalue weighted by Crippen LogP contribution is 2.43. The molecular weight excluding hydrogens is 212 g/mol. The van der Waals surface area contributed by atoms with Crippen molar-refractivity contribution in [3.05, 3.63) is 35.0 Å². The highest BCUT2D eigenvalue weighted by molar-refractivity contribution is 5.99. The Hall–Kier alpha value is -1.71. The zero-order valence-electron chi connectivity index (χ0n) is 8.39. The lowest BCUT2D eigenvalue weighted by Crippen LogP contribution is -1.85. The number of carbonyl (C=O) groups excluding carboxylic acids is 1. The van der Waals surface area contributed by atoms with Crippen molar-refractivity contribution in [1.29, 1.82) is 0 Å². The summed E-state index contributed by atoms with van der Waals surface area (Å²) in [7, 11) is 0. The lowest BCUT2D eigenvalue weighted by atomic mass is 10.1. The number of aromatic amines is 1. The van der Waals surface area contributed by atoms with E-state index in [9.17, 15) is 13.6 Å². The third-order valence-electron chi connectivity index (χ3n) is 3.04. The lowest BCUT2D eigenvalue weighted by molar-refractivity contribution is 0.112. The van der Waals surface area contributed by atoms with E-state index in [2.05, 4.69) is 4.98 Å². The molecule has 1 aromatic heterocycles. The van der Waals surface area contributed by atoms with Gasteiger partial charge in [-0.2, -0.15) is 0 Å². The van der Waals surface area contributed by atoms with Crippen LogP contribution in [0.4, 0.5) is 8.78 Å². The van der Waals surface area contributed by atoms with Crippen LogP contribution in [0.2, 0.25) is 0 Å². The predicted molar refractivity (Wildman–Crippen MR) is 55.6 cm³/mol. The van der Waals surface area contributed by atoms with E-state index in [0.717, 1.165) is 24.6 Å². The Morgan fingerprint density at radius 3 is 2.69 bits per heavy atom. The van der Waals surface area contributed by atoms with Gasteiger partial charge in [0.05, 0.1) is 5.52 Å². The van der Waals surface area contributed by atoms with Gasteiger partial charge in [-0.25, -0.2) is 8.78 Å². The average molecular weight is 221 g/mol. The highest BCUT2D eigenvalue weighted by atomic mass is 19.2. The number of hydrogen-bond acceptors (Lipinski definition) is 1. The van der Waals surface area contributed by atoms with E-state index in [-0.39, 0.29) is 5.52 Å². The fourth-order valence-corrected chi connectivity index (χ4v) is 2.07. The lowest BCUT2D eigenvalue weighted by Gasteiger charge is -1.94. The number of fused-ring (bicyclic) bond motifs is 1. The van der Waals surface area contributed by atoms with Gasteiger partial charge in [-0.1, -0.05) is 0 Å². The standard InChI is InChI=1S/C12H9F2NO/c13-9-4-3-7-8(5-16)11(6-1-2-6)15-12(7)10(9)14/h3-6,15H,1-2H2. The second kappa shape index (κ2) is 3.14. The van der Waals surface area contributed by atoms with Crippen molar-refractivity contribution in [2.75, 3.05) is 0 Å². The van der Waals surface area contributed by atoms with Crippen LogP contribution in [0.1, 0.15) is 34.8 Å². The van der Waals surface area contributed by atoms with Crippen LogP contribution in [-0.2, 0) is 0 Å². The number of nitrogens with one attached hydrogen (secondary N) is 1. The van der Waals surface area contributed by atoms with Gasteiger partial charge in [0.1, 0.15) is 0 Å². The van der Waals surface area contributed by atoms with Crippen molar-refractivity contribution in [2.45, 2.75) is 18.8 Å². The van der Waals surface area contributed by atoms with Crippen LogP contribution in [0.25, 0.3) is 10.9 Å². The molecule has 1 saturated carbocycles. The molecule has 0 amide bonds. The zero-order valence-corrected chi connectivity index (χ0v) is 8.39. The van der Waals surface area contributed by atoms with Crippen LogP contribution in [0.3, 0.4) is 0 Å². The molecule has 2 nitrogen and oxygen atoms in total. The first-order valence-corrected chi connectivity index (χ1v) is 5.17. The molecule has 0 aliphatic heterocycles. The molecule has 0 atom stereocenters. The molecule has 0 saturated heterocycles. The Balaban J connectivity index is 2.36. The molecule has 2 aromatic rings. The summed E-state index contributed by atoms with van der Waals surface area (Å²) in [6.07, 6.45) is 2.71. The smallest absolute Gasteiger partial charge is 0.182 e. The predicted octanol–water partition coefficient (Wildman–Crippen LogP) is 3.14. The number of hydrogen-bond donors (Lipinski definition) is 1. The van der Waals surface area contributed by atoms with E-state index >= 15 is 0 Å². The van der Waals surface area contributed by atoms with E-state index < -0.39 is 11.6 Å². The summed E-state index contributed by atoms with van der Waals surface area (Å²) in [5, 5.41) is 0.468. The average Bonchev–Trinajstić information content (AvgIpc) is 3.05. The van der Waals surface area contributed by atoms with Crippen molar-refractivity contribution >= 4 is 17.2 Å². The summed E-state index contributed by atoms with van der Waals surface area (Å²) in [6, 6.07) is 2.50. The molecule has 1 aliphatic carbocycles. The number of carbonyl (C=O) groups is 1. The molecule has 1 fully saturated rings. The van der Waals surface area contributed by atoms with E-state index in [1.807, 2.05) is 0 Å². The zero-order chi connectivity index (χ0) is 11.3. The number of rotatable bonds is 2. The highest BCUT2D eigenvalue weighted by Gasteiger charge is 2.29. The molecule has 4 heteroatoms. The quantitative estimate of drug-likeness (QED) is 0.776. The second-order valence-corrected chi connectivity index (χ2v) is 4.13. The number of aldehydes is 1. The Bertz CT molecular complexity index is 584. The molecule has 0 bridgehead atoms. The summed E-state index contributed by atoms with van der Waals surface area (Å²) in [5.41, 5.74) is 1.31. The maximum absolute atomic E-state index is 13.5. The normalized spacial score (nSPS) is 15.6. The molecule has 1 heterocycles. The fraction of sp³-hybridized carbons (Fsp3) is 0.250. The molecule has 82 valence electrons. The largest absolute Gasteiger partial charge is 0.355 e. The minimum atomic E-state index is -0.910. The summed E-state index contributed by atoms with van der Waals surface area (Å²) in [5.74, 6) is -1.50. The molecule has 1 aromatic carbocycles. The van der Waals surface area contributed by atoms with Crippen molar-refractivity contribution in [3.8, 4) is 0 Å². The van der Waals surface area contributed by atoms with Gasteiger partial charge in [0.2, 0.25) is 0 Å². The SMILES string of the molecule is O=Cc1c(C2CC2)[nH]c2c(F)c(F)ccc12. The van der Waals surface area contributed by atoms with Gasteiger partial charge in [0.15, 0.2) is 17.9 Å². The van der Waals surface area contributed by atoms with Crippen molar-refractivity contribution < 1.29 is 13.6 Å². The van der Waals surface area contributed by atoms with Gasteiger partial charge in [0, 0.05) is 16.6 Å². The Morgan fingerprint density at radius 1 is 1.31 bits per heavy atom. The summed E-state index contributed by atoms with van der Waals surface area (Å²) in [6.45, 7) is 0. The van der Waals surface area contributed by atoms with E-state index in [0.29, 0.717) is 23.2 Å². The molecule has 0 unspecified atom stereocenters. The third-order valence-corrected chi connectivity index (χ3v) is 3.04. The summed E-state index contributed by atoms with van der Waals surface area (Å²) in [4.78, 5) is 13.8. The molecular formula is C12H9F2NO. The Kier molecular flexibility index (Phi) is 1.87. The molecule has 3 rings (SSSR count). The molecule has 16 heavy (non-hydrogen) atoms. The van der Waals surface area contributed by atoms with E-state index in [4.69, 9.17) is 0 Å². The second-order valence-electron chi connectivity index (χ2n) is 4.13. The maximum Gasteiger partial charge on any atom is 0.182 e. The van der Waals surface area contributed by atoms with Crippen molar-refractivity contribution in [2.24, 2.45) is 0 Å². The van der Waals surface area contributed by atoms with E-state index in [1.165, 1.54) is 6.07 Å². The number of halogens is 2. The monoisotopic (exact) mass is 221 g/mol. The number of aromatic nitrogens is 1.